The van der Waals surface area contributed by atoms with Crippen molar-refractivity contribution in [2.75, 3.05) is 13.6 Å². The summed E-state index contributed by atoms with van der Waals surface area (Å²) >= 11 is 0. The summed E-state index contributed by atoms with van der Waals surface area (Å²) in [7, 11) is 4.39. The fraction of sp³-hybridized carbons (Fsp3) is 0.250. The van der Waals surface area contributed by atoms with Crippen LogP contribution in [-0.4, -0.2) is 30.6 Å². The summed E-state index contributed by atoms with van der Waals surface area (Å²) in [6, 6.07) is 9.29. The smallest absolute Gasteiger partial charge is 0.410 e. The average Bonchev–Trinajstić information content (AvgIpc) is 2.36. The molecular weight excluding hydrogens is 222 g/mol. The van der Waals surface area contributed by atoms with E-state index in [-0.39, 0.29) is 13.2 Å². The molecule has 1 rings (SSSR count). The van der Waals surface area contributed by atoms with Crippen molar-refractivity contribution in [3.05, 3.63) is 43.0 Å². The highest BCUT2D eigenvalue weighted by Gasteiger charge is 2.13. The third-order valence-corrected chi connectivity index (χ3v) is 2.04. The molecule has 1 aromatic rings. The molecule has 0 fully saturated rings. The predicted molar refractivity (Wildman–Crippen MR) is 60.7 cm³/mol. The van der Waals surface area contributed by atoms with Gasteiger partial charge in [0.15, 0.2) is 0 Å². The first-order valence-electron chi connectivity index (χ1n) is 5.00. The van der Waals surface area contributed by atoms with Crippen LogP contribution >= 0.6 is 0 Å². The van der Waals surface area contributed by atoms with Crippen LogP contribution in [0.25, 0.3) is 0 Å². The van der Waals surface area contributed by atoms with E-state index in [9.17, 15) is 9.59 Å². The van der Waals surface area contributed by atoms with Gasteiger partial charge in [-0.2, -0.15) is 0 Å². The fourth-order valence-corrected chi connectivity index (χ4v) is 1.15. The molecule has 0 N–H and O–H groups in total. The molecule has 0 bridgehead atoms. The predicted octanol–water partition coefficient (Wildman–Crippen LogP) is 1.59. The molecule has 0 aliphatic heterocycles. The van der Waals surface area contributed by atoms with Crippen molar-refractivity contribution in [1.82, 2.24) is 4.90 Å². The van der Waals surface area contributed by atoms with E-state index in [0.717, 1.165) is 10.5 Å². The number of esters is 1. The summed E-state index contributed by atoms with van der Waals surface area (Å²) in [4.78, 5) is 23.4. The van der Waals surface area contributed by atoms with Gasteiger partial charge >= 0.3 is 12.1 Å². The zero-order chi connectivity index (χ0) is 12.7. The van der Waals surface area contributed by atoms with Gasteiger partial charge in [0, 0.05) is 7.05 Å². The number of benzene rings is 1. The Labute approximate surface area is 99.9 Å². The lowest BCUT2D eigenvalue weighted by Gasteiger charge is -2.14. The zero-order valence-electron chi connectivity index (χ0n) is 9.59. The molecule has 1 aromatic carbocycles. The molecule has 0 heterocycles. The number of carbonyl (C=O) groups is 2. The van der Waals surface area contributed by atoms with E-state index in [1.54, 1.807) is 0 Å². The Morgan fingerprint density at radius 3 is 2.53 bits per heavy atom. The topological polar surface area (TPSA) is 55.8 Å². The summed E-state index contributed by atoms with van der Waals surface area (Å²) in [5.41, 5.74) is 0.892. The first kappa shape index (κ1) is 13.0. The second kappa shape index (κ2) is 6.52. The van der Waals surface area contributed by atoms with Crippen LogP contribution in [0.3, 0.4) is 0 Å². The molecule has 0 aliphatic rings. The van der Waals surface area contributed by atoms with Gasteiger partial charge in [0.25, 0.3) is 0 Å². The highest BCUT2D eigenvalue weighted by atomic mass is 16.5. The largest absolute Gasteiger partial charge is 0.459 e. The Balaban J connectivity index is 2.33. The Bertz CT molecular complexity index is 377. The number of hydrogen-bond acceptors (Lipinski definition) is 4. The molecule has 1 amide bonds. The van der Waals surface area contributed by atoms with E-state index in [1.165, 1.54) is 7.05 Å². The van der Waals surface area contributed by atoms with Gasteiger partial charge in [0.1, 0.15) is 20.3 Å². The number of ether oxygens (including phenoxy) is 2. The van der Waals surface area contributed by atoms with E-state index in [4.69, 9.17) is 4.74 Å². The molecule has 1 radical (unpaired) electrons. The van der Waals surface area contributed by atoms with E-state index in [0.29, 0.717) is 0 Å². The maximum atomic E-state index is 11.4. The zero-order valence-corrected chi connectivity index (χ0v) is 9.59. The lowest BCUT2D eigenvalue weighted by Crippen LogP contribution is -2.32. The van der Waals surface area contributed by atoms with Crippen LogP contribution in [0.1, 0.15) is 5.56 Å². The van der Waals surface area contributed by atoms with Gasteiger partial charge in [0.2, 0.25) is 0 Å². The van der Waals surface area contributed by atoms with Crippen LogP contribution in [0, 0.1) is 7.11 Å². The minimum Gasteiger partial charge on any atom is -0.459 e. The van der Waals surface area contributed by atoms with E-state index in [2.05, 4.69) is 11.8 Å². The van der Waals surface area contributed by atoms with Gasteiger partial charge in [-0.25, -0.2) is 4.79 Å². The molecule has 0 saturated carbocycles. The lowest BCUT2D eigenvalue weighted by molar-refractivity contribution is -0.145. The number of carbonyl (C=O) groups excluding carboxylic acids is 2. The van der Waals surface area contributed by atoms with Gasteiger partial charge in [0.05, 0.1) is 0 Å². The van der Waals surface area contributed by atoms with Crippen molar-refractivity contribution in [2.24, 2.45) is 0 Å². The molecule has 17 heavy (non-hydrogen) atoms. The summed E-state index contributed by atoms with van der Waals surface area (Å²) in [5, 5.41) is 0. The Kier molecular flexibility index (Phi) is 5.00. The van der Waals surface area contributed by atoms with Crippen molar-refractivity contribution in [3.63, 3.8) is 0 Å². The van der Waals surface area contributed by atoms with E-state index < -0.39 is 12.1 Å². The maximum Gasteiger partial charge on any atom is 0.410 e. The van der Waals surface area contributed by atoms with Crippen LogP contribution in [-0.2, 0) is 20.9 Å². The van der Waals surface area contributed by atoms with Crippen LogP contribution in [0.4, 0.5) is 4.79 Å². The van der Waals surface area contributed by atoms with Gasteiger partial charge in [-0.3, -0.25) is 4.79 Å². The number of hydrogen-bond donors (Lipinski definition) is 0. The average molecular weight is 236 g/mol. The second-order valence-electron chi connectivity index (χ2n) is 3.41. The molecule has 0 saturated heterocycles. The lowest BCUT2D eigenvalue weighted by atomic mass is 10.2. The Hall–Kier alpha value is -2.04. The van der Waals surface area contributed by atoms with Crippen LogP contribution in [0.2, 0.25) is 0 Å². The molecule has 5 heteroatoms. The summed E-state index contributed by atoms with van der Waals surface area (Å²) in [5.74, 6) is -0.498. The first-order valence-corrected chi connectivity index (χ1v) is 5.00. The summed E-state index contributed by atoms with van der Waals surface area (Å²) in [6.07, 6.45) is -0.679. The fourth-order valence-electron chi connectivity index (χ4n) is 1.15. The second-order valence-corrected chi connectivity index (χ2v) is 3.41. The Morgan fingerprint density at radius 1 is 1.29 bits per heavy atom. The quantitative estimate of drug-likeness (QED) is 0.745. The minimum atomic E-state index is -0.679. The standard InChI is InChI=1S/C12H14NO4/c1-13(12(15)16-2)8-11(14)17-9-10-6-4-3-5-7-10/h3-7H,2,8-9H2,1H3. The van der Waals surface area contributed by atoms with Crippen molar-refractivity contribution < 1.29 is 19.1 Å². The molecular formula is C12H14NO4. The highest BCUT2D eigenvalue weighted by Crippen LogP contribution is 2.01. The highest BCUT2D eigenvalue weighted by molar-refractivity contribution is 5.77. The van der Waals surface area contributed by atoms with Crippen LogP contribution in [0.5, 0.6) is 0 Å². The van der Waals surface area contributed by atoms with Crippen LogP contribution in [0.15, 0.2) is 30.3 Å². The van der Waals surface area contributed by atoms with E-state index >= 15 is 0 Å². The molecule has 91 valence electrons. The molecule has 0 spiro atoms. The number of nitrogens with zero attached hydrogens (tertiary/aromatic N) is 1. The number of rotatable bonds is 4. The normalized spacial score (nSPS) is 9.53. The monoisotopic (exact) mass is 236 g/mol. The van der Waals surface area contributed by atoms with Gasteiger partial charge in [-0.15, -0.1) is 0 Å². The molecule has 0 aromatic heterocycles. The van der Waals surface area contributed by atoms with Gasteiger partial charge < -0.3 is 14.4 Å². The maximum absolute atomic E-state index is 11.4. The van der Waals surface area contributed by atoms with Crippen molar-refractivity contribution in [3.8, 4) is 0 Å². The summed E-state index contributed by atoms with van der Waals surface area (Å²) < 4.78 is 9.19. The molecule has 5 nitrogen and oxygen atoms in total. The summed E-state index contributed by atoms with van der Waals surface area (Å²) in [6.45, 7) is 0.0219. The minimum absolute atomic E-state index is 0.165. The Morgan fingerprint density at radius 2 is 1.94 bits per heavy atom. The molecule has 0 unspecified atom stereocenters. The third kappa shape index (κ3) is 4.55. The van der Waals surface area contributed by atoms with Crippen LogP contribution < -0.4 is 0 Å². The SMILES string of the molecule is [CH2]OC(=O)N(C)CC(=O)OCc1ccccc1. The third-order valence-electron chi connectivity index (χ3n) is 2.04. The number of amides is 1. The van der Waals surface area contributed by atoms with Crippen molar-refractivity contribution >= 4 is 12.1 Å². The van der Waals surface area contributed by atoms with Crippen molar-refractivity contribution in [1.29, 1.82) is 0 Å². The molecule has 0 atom stereocenters. The van der Waals surface area contributed by atoms with E-state index in [1.807, 2.05) is 30.3 Å². The number of likely N-dealkylation sites (N-methyl/N-ethyl adjacent to an activating group) is 1. The van der Waals surface area contributed by atoms with Gasteiger partial charge in [-0.1, -0.05) is 30.3 Å². The first-order chi connectivity index (χ1) is 8.13. The molecule has 0 aliphatic carbocycles. The van der Waals surface area contributed by atoms with Gasteiger partial charge in [-0.05, 0) is 5.56 Å². The van der Waals surface area contributed by atoms with Crippen molar-refractivity contribution in [2.45, 2.75) is 6.61 Å².